The molecule has 0 saturated carbocycles. The number of imidazole rings is 1. The Balaban J connectivity index is 1.53. The number of ether oxygens (including phenoxy) is 2. The van der Waals surface area contributed by atoms with Crippen molar-refractivity contribution in [3.63, 3.8) is 0 Å². The van der Waals surface area contributed by atoms with E-state index in [2.05, 4.69) is 10.3 Å². The predicted octanol–water partition coefficient (Wildman–Crippen LogP) is 4.57. The molecule has 3 aromatic carbocycles. The number of hydrogen-bond acceptors (Lipinski definition) is 4. The first-order valence-corrected chi connectivity index (χ1v) is 9.70. The molecule has 6 nitrogen and oxygen atoms in total. The molecule has 0 fully saturated rings. The van der Waals surface area contributed by atoms with Crippen molar-refractivity contribution >= 4 is 22.6 Å². The smallest absolute Gasteiger partial charge is 0.244 e. The van der Waals surface area contributed by atoms with Crippen molar-refractivity contribution in [1.82, 2.24) is 9.55 Å². The molecule has 0 aliphatic rings. The Kier molecular flexibility index (Phi) is 5.66. The van der Waals surface area contributed by atoms with Crippen LogP contribution in [0.3, 0.4) is 0 Å². The van der Waals surface area contributed by atoms with Gasteiger partial charge in [0.2, 0.25) is 5.91 Å². The number of fused-ring (bicyclic) bond motifs is 1. The highest BCUT2D eigenvalue weighted by Crippen LogP contribution is 2.20. The van der Waals surface area contributed by atoms with Crippen LogP contribution >= 0.6 is 0 Å². The van der Waals surface area contributed by atoms with E-state index in [9.17, 15) is 4.79 Å². The molecule has 1 heterocycles. The Morgan fingerprint density at radius 3 is 2.40 bits per heavy atom. The van der Waals surface area contributed by atoms with Crippen molar-refractivity contribution in [3.05, 3.63) is 84.2 Å². The predicted molar refractivity (Wildman–Crippen MR) is 117 cm³/mol. The van der Waals surface area contributed by atoms with Crippen molar-refractivity contribution < 1.29 is 14.3 Å². The number of aromatic nitrogens is 2. The third kappa shape index (κ3) is 4.43. The maximum absolute atomic E-state index is 12.7. The van der Waals surface area contributed by atoms with Crippen LogP contribution in [0.1, 0.15) is 11.4 Å². The molecule has 0 unspecified atom stereocenters. The normalized spacial score (nSPS) is 10.7. The number of carbonyl (C=O) groups is 1. The number of nitrogens with one attached hydrogen (secondary N) is 1. The minimum atomic E-state index is -0.139. The van der Waals surface area contributed by atoms with Crippen molar-refractivity contribution in [3.8, 4) is 11.5 Å². The number of hydrogen-bond donors (Lipinski definition) is 1. The molecule has 0 aliphatic carbocycles. The summed E-state index contributed by atoms with van der Waals surface area (Å²) in [5.41, 5.74) is 3.61. The zero-order chi connectivity index (χ0) is 20.9. The van der Waals surface area contributed by atoms with Crippen molar-refractivity contribution in [1.29, 1.82) is 0 Å². The van der Waals surface area contributed by atoms with E-state index in [-0.39, 0.29) is 19.1 Å². The van der Waals surface area contributed by atoms with Crippen LogP contribution in [0.2, 0.25) is 0 Å². The van der Waals surface area contributed by atoms with E-state index >= 15 is 0 Å². The highest BCUT2D eigenvalue weighted by Gasteiger charge is 2.14. The van der Waals surface area contributed by atoms with Crippen LogP contribution in [-0.4, -0.2) is 22.6 Å². The summed E-state index contributed by atoms with van der Waals surface area (Å²) in [5, 5.41) is 2.92. The molecule has 6 heteroatoms. The molecular formula is C24H23N3O3. The molecule has 1 amide bonds. The second-order valence-corrected chi connectivity index (χ2v) is 6.98. The minimum absolute atomic E-state index is 0.138. The summed E-state index contributed by atoms with van der Waals surface area (Å²) >= 11 is 0. The van der Waals surface area contributed by atoms with Crippen LogP contribution in [0, 0.1) is 6.92 Å². The van der Waals surface area contributed by atoms with E-state index in [1.54, 1.807) is 7.11 Å². The molecule has 4 aromatic rings. The van der Waals surface area contributed by atoms with Gasteiger partial charge in [0, 0.05) is 5.69 Å². The van der Waals surface area contributed by atoms with Gasteiger partial charge < -0.3 is 19.4 Å². The van der Waals surface area contributed by atoms with Crippen LogP contribution in [-0.2, 0) is 17.9 Å². The van der Waals surface area contributed by atoms with Gasteiger partial charge in [-0.3, -0.25) is 4.79 Å². The topological polar surface area (TPSA) is 65.4 Å². The molecule has 152 valence electrons. The molecule has 0 radical (unpaired) electrons. The molecule has 0 bridgehead atoms. The number of para-hydroxylation sites is 2. The van der Waals surface area contributed by atoms with Gasteiger partial charge in [-0.15, -0.1) is 0 Å². The van der Waals surface area contributed by atoms with Gasteiger partial charge in [-0.05, 0) is 55.5 Å². The second kappa shape index (κ2) is 8.69. The SMILES string of the molecule is COc1ccc(NC(=O)Cn2c(COc3ccc(C)cc3)nc3ccccc32)cc1. The first kappa shape index (κ1) is 19.5. The van der Waals surface area contributed by atoms with E-state index < -0.39 is 0 Å². The van der Waals surface area contributed by atoms with E-state index in [1.165, 1.54) is 5.56 Å². The van der Waals surface area contributed by atoms with Crippen molar-refractivity contribution in [2.75, 3.05) is 12.4 Å². The molecule has 1 N–H and O–H groups in total. The van der Waals surface area contributed by atoms with Crippen molar-refractivity contribution in [2.24, 2.45) is 0 Å². The lowest BCUT2D eigenvalue weighted by Gasteiger charge is -2.11. The number of benzene rings is 3. The fraction of sp³-hybridized carbons (Fsp3) is 0.167. The molecule has 4 rings (SSSR count). The van der Waals surface area contributed by atoms with Gasteiger partial charge >= 0.3 is 0 Å². The van der Waals surface area contributed by atoms with Crippen LogP contribution in [0.5, 0.6) is 11.5 Å². The summed E-state index contributed by atoms with van der Waals surface area (Å²) in [6, 6.07) is 22.9. The molecule has 30 heavy (non-hydrogen) atoms. The Morgan fingerprint density at radius 2 is 1.67 bits per heavy atom. The van der Waals surface area contributed by atoms with E-state index in [0.29, 0.717) is 11.5 Å². The highest BCUT2D eigenvalue weighted by atomic mass is 16.5. The van der Waals surface area contributed by atoms with Gasteiger partial charge in [-0.1, -0.05) is 29.8 Å². The Hall–Kier alpha value is -3.80. The first-order valence-electron chi connectivity index (χ1n) is 9.70. The molecule has 0 saturated heterocycles. The summed E-state index contributed by atoms with van der Waals surface area (Å²) in [5.74, 6) is 2.06. The van der Waals surface area contributed by atoms with Crippen LogP contribution < -0.4 is 14.8 Å². The summed E-state index contributed by atoms with van der Waals surface area (Å²) in [6.07, 6.45) is 0. The number of anilines is 1. The van der Waals surface area contributed by atoms with Gasteiger partial charge in [0.1, 0.15) is 30.5 Å². The highest BCUT2D eigenvalue weighted by molar-refractivity contribution is 5.91. The Bertz CT molecular complexity index is 1150. The zero-order valence-corrected chi connectivity index (χ0v) is 17.0. The number of methoxy groups -OCH3 is 1. The van der Waals surface area contributed by atoms with Gasteiger partial charge in [0.25, 0.3) is 0 Å². The van der Waals surface area contributed by atoms with E-state index in [4.69, 9.17) is 9.47 Å². The van der Waals surface area contributed by atoms with Gasteiger partial charge in [-0.2, -0.15) is 0 Å². The minimum Gasteiger partial charge on any atom is -0.497 e. The number of aryl methyl sites for hydroxylation is 1. The lowest BCUT2D eigenvalue weighted by molar-refractivity contribution is -0.116. The second-order valence-electron chi connectivity index (χ2n) is 6.98. The average molecular weight is 401 g/mol. The quantitative estimate of drug-likeness (QED) is 0.493. The molecule has 0 atom stereocenters. The third-order valence-corrected chi connectivity index (χ3v) is 4.80. The standard InChI is InChI=1S/C24H23N3O3/c1-17-7-11-20(12-8-17)30-16-23-26-21-5-3-4-6-22(21)27(23)15-24(28)25-18-9-13-19(29-2)14-10-18/h3-14H,15-16H2,1-2H3,(H,25,28). The van der Waals surface area contributed by atoms with Crippen LogP contribution in [0.15, 0.2) is 72.8 Å². The van der Waals surface area contributed by atoms with Gasteiger partial charge in [0.15, 0.2) is 0 Å². The average Bonchev–Trinajstić information content (AvgIpc) is 3.11. The maximum atomic E-state index is 12.7. The Morgan fingerprint density at radius 1 is 0.967 bits per heavy atom. The summed E-state index contributed by atoms with van der Waals surface area (Å²) < 4.78 is 13.0. The first-order chi connectivity index (χ1) is 14.6. The lowest BCUT2D eigenvalue weighted by Crippen LogP contribution is -2.20. The summed E-state index contributed by atoms with van der Waals surface area (Å²) in [7, 11) is 1.61. The van der Waals surface area contributed by atoms with Crippen molar-refractivity contribution in [2.45, 2.75) is 20.1 Å². The fourth-order valence-corrected chi connectivity index (χ4v) is 3.21. The number of nitrogens with zero attached hydrogens (tertiary/aromatic N) is 2. The number of carbonyl (C=O) groups excluding carboxylic acids is 1. The molecule has 0 spiro atoms. The Labute approximate surface area is 175 Å². The largest absolute Gasteiger partial charge is 0.497 e. The maximum Gasteiger partial charge on any atom is 0.244 e. The molecule has 1 aromatic heterocycles. The third-order valence-electron chi connectivity index (χ3n) is 4.80. The summed E-state index contributed by atoms with van der Waals surface area (Å²) in [4.78, 5) is 17.4. The van der Waals surface area contributed by atoms with Crippen LogP contribution in [0.25, 0.3) is 11.0 Å². The fourth-order valence-electron chi connectivity index (χ4n) is 3.21. The molecular weight excluding hydrogens is 378 g/mol. The number of amides is 1. The zero-order valence-electron chi connectivity index (χ0n) is 17.0. The molecule has 0 aliphatic heterocycles. The van der Waals surface area contributed by atoms with E-state index in [1.807, 2.05) is 84.3 Å². The van der Waals surface area contributed by atoms with E-state index in [0.717, 1.165) is 22.5 Å². The van der Waals surface area contributed by atoms with Gasteiger partial charge in [0.05, 0.1) is 18.1 Å². The van der Waals surface area contributed by atoms with Crippen LogP contribution in [0.4, 0.5) is 5.69 Å². The summed E-state index contributed by atoms with van der Waals surface area (Å²) in [6.45, 7) is 2.44. The van der Waals surface area contributed by atoms with Gasteiger partial charge in [-0.25, -0.2) is 4.98 Å². The lowest BCUT2D eigenvalue weighted by atomic mass is 10.2. The monoisotopic (exact) mass is 401 g/mol. The number of rotatable bonds is 7.